The van der Waals surface area contributed by atoms with Crippen LogP contribution in [-0.2, 0) is 4.79 Å². The van der Waals surface area contributed by atoms with Crippen LogP contribution < -0.4 is 0 Å². The van der Waals surface area contributed by atoms with E-state index in [2.05, 4.69) is 15.9 Å². The van der Waals surface area contributed by atoms with Crippen LogP contribution in [0.25, 0.3) is 16.8 Å². The number of fused-ring (bicyclic) bond motifs is 1. The van der Waals surface area contributed by atoms with Crippen LogP contribution in [0, 0.1) is 0 Å². The number of benzene rings is 2. The number of hydrogen-bond donors (Lipinski definition) is 1. The summed E-state index contributed by atoms with van der Waals surface area (Å²) < 4.78 is 0.941. The Hall–Kier alpha value is -1.61. The van der Waals surface area contributed by atoms with Crippen LogP contribution >= 0.6 is 15.9 Å². The van der Waals surface area contributed by atoms with Crippen LogP contribution in [0.3, 0.4) is 0 Å². The molecule has 0 radical (unpaired) electrons. The fourth-order valence-electron chi connectivity index (χ4n) is 1.60. The molecule has 0 bridgehead atoms. The summed E-state index contributed by atoms with van der Waals surface area (Å²) in [7, 11) is 0. The third kappa shape index (κ3) is 2.31. The van der Waals surface area contributed by atoms with Gasteiger partial charge in [-0.25, -0.2) is 4.79 Å². The topological polar surface area (TPSA) is 37.3 Å². The van der Waals surface area contributed by atoms with Crippen molar-refractivity contribution < 1.29 is 9.90 Å². The molecule has 0 aliphatic heterocycles. The first-order chi connectivity index (χ1) is 7.66. The summed E-state index contributed by atoms with van der Waals surface area (Å²) in [6, 6.07) is 11.8. The molecular weight excluding hydrogens is 268 g/mol. The van der Waals surface area contributed by atoms with Gasteiger partial charge >= 0.3 is 5.97 Å². The predicted molar refractivity (Wildman–Crippen MR) is 68.3 cm³/mol. The third-order valence-electron chi connectivity index (χ3n) is 2.26. The number of carboxylic acid groups (broad SMARTS) is 1. The normalized spacial score (nSPS) is 11.1. The Morgan fingerprint density at radius 1 is 1.25 bits per heavy atom. The minimum Gasteiger partial charge on any atom is -0.478 e. The zero-order valence-electron chi connectivity index (χ0n) is 8.35. The van der Waals surface area contributed by atoms with Crippen LogP contribution in [0.5, 0.6) is 0 Å². The molecule has 0 aromatic heterocycles. The van der Waals surface area contributed by atoms with Gasteiger partial charge in [-0.1, -0.05) is 40.2 Å². The molecule has 80 valence electrons. The van der Waals surface area contributed by atoms with Crippen molar-refractivity contribution in [2.45, 2.75) is 0 Å². The molecule has 0 spiro atoms. The Balaban J connectivity index is 2.63. The van der Waals surface area contributed by atoms with Gasteiger partial charge in [0, 0.05) is 10.5 Å². The van der Waals surface area contributed by atoms with E-state index in [4.69, 9.17) is 5.11 Å². The monoisotopic (exact) mass is 276 g/mol. The number of halogens is 1. The summed E-state index contributed by atoms with van der Waals surface area (Å²) >= 11 is 3.41. The Morgan fingerprint density at radius 3 is 2.75 bits per heavy atom. The van der Waals surface area contributed by atoms with Crippen molar-refractivity contribution in [2.75, 3.05) is 0 Å². The molecule has 0 aliphatic rings. The first-order valence-electron chi connectivity index (χ1n) is 4.76. The molecule has 0 heterocycles. The quantitative estimate of drug-likeness (QED) is 0.850. The molecule has 2 rings (SSSR count). The smallest absolute Gasteiger partial charge is 0.328 e. The molecule has 0 amide bonds. The highest BCUT2D eigenvalue weighted by molar-refractivity contribution is 9.10. The maximum absolute atomic E-state index is 10.5. The van der Waals surface area contributed by atoms with E-state index >= 15 is 0 Å². The molecule has 3 heteroatoms. The highest BCUT2D eigenvalue weighted by atomic mass is 79.9. The van der Waals surface area contributed by atoms with Gasteiger partial charge in [0.15, 0.2) is 0 Å². The SMILES string of the molecule is O=C(O)/C=C/c1cc(Br)cc2ccccc12. The third-order valence-corrected chi connectivity index (χ3v) is 2.72. The van der Waals surface area contributed by atoms with Gasteiger partial charge in [0.2, 0.25) is 0 Å². The van der Waals surface area contributed by atoms with Crippen molar-refractivity contribution in [3.05, 3.63) is 52.5 Å². The van der Waals surface area contributed by atoms with Crippen molar-refractivity contribution in [3.8, 4) is 0 Å². The lowest BCUT2D eigenvalue weighted by molar-refractivity contribution is -0.131. The number of hydrogen-bond acceptors (Lipinski definition) is 1. The lowest BCUT2D eigenvalue weighted by Gasteiger charge is -2.03. The lowest BCUT2D eigenvalue weighted by Crippen LogP contribution is -1.86. The second-order valence-corrected chi connectivity index (χ2v) is 4.30. The molecule has 16 heavy (non-hydrogen) atoms. The minimum absolute atomic E-state index is 0.896. The van der Waals surface area contributed by atoms with E-state index < -0.39 is 5.97 Å². The standard InChI is InChI=1S/C13H9BrO2/c14-11-7-9-3-1-2-4-12(9)10(8-11)5-6-13(15)16/h1-8H,(H,15,16)/b6-5+. The molecule has 2 aromatic rings. The number of carbonyl (C=O) groups is 1. The van der Waals surface area contributed by atoms with Gasteiger partial charge in [0.05, 0.1) is 0 Å². The van der Waals surface area contributed by atoms with E-state index in [1.807, 2.05) is 36.4 Å². The van der Waals surface area contributed by atoms with Gasteiger partial charge in [-0.15, -0.1) is 0 Å². The van der Waals surface area contributed by atoms with E-state index in [0.29, 0.717) is 0 Å². The average molecular weight is 277 g/mol. The summed E-state index contributed by atoms with van der Waals surface area (Å²) in [5.41, 5.74) is 0.896. The van der Waals surface area contributed by atoms with E-state index in [9.17, 15) is 4.79 Å². The van der Waals surface area contributed by atoms with Crippen LogP contribution in [0.1, 0.15) is 5.56 Å². The Kier molecular flexibility index (Phi) is 3.06. The van der Waals surface area contributed by atoms with E-state index in [1.54, 1.807) is 6.08 Å². The maximum Gasteiger partial charge on any atom is 0.328 e. The minimum atomic E-state index is -0.941. The van der Waals surface area contributed by atoms with Crippen molar-refractivity contribution in [3.63, 3.8) is 0 Å². The van der Waals surface area contributed by atoms with Gasteiger partial charge in [-0.2, -0.15) is 0 Å². The van der Waals surface area contributed by atoms with Crippen LogP contribution in [0.15, 0.2) is 46.9 Å². The van der Waals surface area contributed by atoms with E-state index in [0.717, 1.165) is 26.9 Å². The van der Waals surface area contributed by atoms with Crippen molar-refractivity contribution in [2.24, 2.45) is 0 Å². The predicted octanol–water partition coefficient (Wildman–Crippen LogP) is 3.70. The van der Waals surface area contributed by atoms with Crippen molar-refractivity contribution in [1.82, 2.24) is 0 Å². The Bertz CT molecular complexity index is 573. The second kappa shape index (κ2) is 4.49. The zero-order chi connectivity index (χ0) is 11.5. The van der Waals surface area contributed by atoms with Gasteiger partial charge < -0.3 is 5.11 Å². The van der Waals surface area contributed by atoms with Crippen molar-refractivity contribution >= 4 is 38.7 Å². The highest BCUT2D eigenvalue weighted by Gasteiger charge is 2.00. The number of carboxylic acids is 1. The maximum atomic E-state index is 10.5. The van der Waals surface area contributed by atoms with Gasteiger partial charge in [0.1, 0.15) is 0 Å². The number of rotatable bonds is 2. The average Bonchev–Trinajstić information content (AvgIpc) is 2.25. The first-order valence-corrected chi connectivity index (χ1v) is 5.55. The largest absolute Gasteiger partial charge is 0.478 e. The zero-order valence-corrected chi connectivity index (χ0v) is 9.94. The lowest BCUT2D eigenvalue weighted by atomic mass is 10.0. The summed E-state index contributed by atoms with van der Waals surface area (Å²) in [4.78, 5) is 10.5. The van der Waals surface area contributed by atoms with E-state index in [1.165, 1.54) is 0 Å². The first kappa shape index (κ1) is 10.9. The molecule has 0 saturated heterocycles. The summed E-state index contributed by atoms with van der Waals surface area (Å²) in [6.07, 6.45) is 2.75. The molecule has 0 unspecified atom stereocenters. The van der Waals surface area contributed by atoms with Gasteiger partial charge in [-0.05, 0) is 34.5 Å². The van der Waals surface area contributed by atoms with Crippen LogP contribution in [0.4, 0.5) is 0 Å². The summed E-state index contributed by atoms with van der Waals surface area (Å²) in [6.45, 7) is 0. The molecular formula is C13H9BrO2. The molecule has 2 nitrogen and oxygen atoms in total. The molecule has 0 fully saturated rings. The summed E-state index contributed by atoms with van der Waals surface area (Å²) in [5, 5.41) is 10.7. The van der Waals surface area contributed by atoms with Crippen LogP contribution in [0.2, 0.25) is 0 Å². The van der Waals surface area contributed by atoms with Crippen LogP contribution in [-0.4, -0.2) is 11.1 Å². The fraction of sp³-hybridized carbons (Fsp3) is 0. The van der Waals surface area contributed by atoms with E-state index in [-0.39, 0.29) is 0 Å². The molecule has 1 N–H and O–H groups in total. The molecule has 0 atom stereocenters. The second-order valence-electron chi connectivity index (χ2n) is 3.39. The Labute approximate surface area is 101 Å². The number of aliphatic carboxylic acids is 1. The molecule has 2 aromatic carbocycles. The van der Waals surface area contributed by atoms with Crippen molar-refractivity contribution in [1.29, 1.82) is 0 Å². The summed E-state index contributed by atoms with van der Waals surface area (Å²) in [5.74, 6) is -0.941. The fourth-order valence-corrected chi connectivity index (χ4v) is 2.09. The molecule has 0 aliphatic carbocycles. The Morgan fingerprint density at radius 2 is 2.00 bits per heavy atom. The van der Waals surface area contributed by atoms with Gasteiger partial charge in [-0.3, -0.25) is 0 Å². The highest BCUT2D eigenvalue weighted by Crippen LogP contribution is 2.25. The molecule has 0 saturated carbocycles. The van der Waals surface area contributed by atoms with Gasteiger partial charge in [0.25, 0.3) is 0 Å².